The highest BCUT2D eigenvalue weighted by molar-refractivity contribution is 7.99. The minimum absolute atomic E-state index is 0.0966. The third-order valence-corrected chi connectivity index (χ3v) is 10.4. The van der Waals surface area contributed by atoms with Crippen LogP contribution in [0.2, 0.25) is 0 Å². The van der Waals surface area contributed by atoms with E-state index in [0.717, 1.165) is 37.4 Å². The van der Waals surface area contributed by atoms with Crippen LogP contribution in [0.4, 0.5) is 0 Å². The molecule has 4 rings (SSSR count). The molecule has 1 spiro atoms. The van der Waals surface area contributed by atoms with Crippen LogP contribution in [0.5, 0.6) is 0 Å². The van der Waals surface area contributed by atoms with E-state index < -0.39 is 10.0 Å². The zero-order valence-electron chi connectivity index (χ0n) is 15.7. The van der Waals surface area contributed by atoms with E-state index in [2.05, 4.69) is 0 Å². The molecular weight excluding hydrogens is 400 g/mol. The number of carbonyl (C=O) groups excluding carboxylic acids is 1. The third kappa shape index (κ3) is 3.95. The van der Waals surface area contributed by atoms with Crippen LogP contribution in [-0.4, -0.2) is 61.2 Å². The molecule has 1 amide bonds. The number of thiophene rings is 1. The lowest BCUT2D eigenvalue weighted by Crippen LogP contribution is -2.44. The lowest BCUT2D eigenvalue weighted by Gasteiger charge is -2.44. The summed E-state index contributed by atoms with van der Waals surface area (Å²) in [6.07, 6.45) is 8.69. The van der Waals surface area contributed by atoms with Gasteiger partial charge in [-0.2, -0.15) is 16.1 Å². The van der Waals surface area contributed by atoms with Crippen LogP contribution in [0.25, 0.3) is 0 Å². The van der Waals surface area contributed by atoms with Crippen LogP contribution in [0, 0.1) is 5.41 Å². The number of rotatable bonds is 3. The van der Waals surface area contributed by atoms with Gasteiger partial charge in [-0.05, 0) is 42.5 Å². The zero-order chi connectivity index (χ0) is 18.9. The SMILES string of the molecule is O=C(c1sccc1S(=O)(=O)N1CCSCC1)N1CCC2(CCCCC2)CC1. The molecular formula is C19H28N2O3S3. The van der Waals surface area contributed by atoms with Crippen molar-refractivity contribution in [3.63, 3.8) is 0 Å². The second kappa shape index (κ2) is 8.05. The smallest absolute Gasteiger partial charge is 0.265 e. The second-order valence-corrected chi connectivity index (χ2v) is 12.0. The normalized spacial score (nSPS) is 24.2. The predicted molar refractivity (Wildman–Crippen MR) is 111 cm³/mol. The molecule has 27 heavy (non-hydrogen) atoms. The molecule has 0 radical (unpaired) electrons. The first kappa shape index (κ1) is 19.7. The van der Waals surface area contributed by atoms with Crippen LogP contribution >= 0.6 is 23.1 Å². The van der Waals surface area contributed by atoms with Gasteiger partial charge >= 0.3 is 0 Å². The Balaban J connectivity index is 1.48. The van der Waals surface area contributed by atoms with Gasteiger partial charge in [0.15, 0.2) is 0 Å². The quantitative estimate of drug-likeness (QED) is 0.737. The molecule has 5 nitrogen and oxygen atoms in total. The molecule has 0 aromatic carbocycles. The summed E-state index contributed by atoms with van der Waals surface area (Å²) < 4.78 is 27.6. The first-order chi connectivity index (χ1) is 13.0. The summed E-state index contributed by atoms with van der Waals surface area (Å²) in [5, 5.41) is 1.74. The van der Waals surface area contributed by atoms with Crippen molar-refractivity contribution in [2.24, 2.45) is 5.41 Å². The van der Waals surface area contributed by atoms with Gasteiger partial charge in [0.2, 0.25) is 10.0 Å². The molecule has 1 aliphatic carbocycles. The van der Waals surface area contributed by atoms with Gasteiger partial charge in [-0.1, -0.05) is 19.3 Å². The van der Waals surface area contributed by atoms with E-state index in [1.54, 1.807) is 23.2 Å². The number of piperidine rings is 1. The number of nitrogens with zero attached hydrogens (tertiary/aromatic N) is 2. The van der Waals surface area contributed by atoms with Gasteiger partial charge in [-0.15, -0.1) is 11.3 Å². The number of hydrogen-bond acceptors (Lipinski definition) is 5. The van der Waals surface area contributed by atoms with E-state index >= 15 is 0 Å². The van der Waals surface area contributed by atoms with E-state index in [9.17, 15) is 13.2 Å². The fourth-order valence-electron chi connectivity index (χ4n) is 4.71. The standard InChI is InChI=1S/C19H28N2O3S3/c22-18(20-9-7-19(8-10-20)5-2-1-3-6-19)17-16(4-13-26-17)27(23,24)21-11-14-25-15-12-21/h4,13H,1-3,5-12,14-15H2. The molecule has 3 fully saturated rings. The Morgan fingerprint density at radius 3 is 2.30 bits per heavy atom. The maximum atomic E-state index is 13.1. The Bertz CT molecular complexity index is 768. The maximum Gasteiger partial charge on any atom is 0.265 e. The fraction of sp³-hybridized carbons (Fsp3) is 0.737. The van der Waals surface area contributed by atoms with Gasteiger partial charge in [0.1, 0.15) is 9.77 Å². The van der Waals surface area contributed by atoms with Gasteiger partial charge in [0.05, 0.1) is 0 Å². The van der Waals surface area contributed by atoms with Crippen LogP contribution in [0.3, 0.4) is 0 Å². The summed E-state index contributed by atoms with van der Waals surface area (Å²) in [7, 11) is -3.58. The van der Waals surface area contributed by atoms with Gasteiger partial charge in [-0.25, -0.2) is 8.42 Å². The van der Waals surface area contributed by atoms with Crippen LogP contribution < -0.4 is 0 Å². The van der Waals surface area contributed by atoms with Crippen molar-refractivity contribution in [2.45, 2.75) is 49.8 Å². The first-order valence-electron chi connectivity index (χ1n) is 9.97. The molecule has 2 aliphatic heterocycles. The Morgan fingerprint density at radius 2 is 1.63 bits per heavy atom. The van der Waals surface area contributed by atoms with Crippen LogP contribution in [-0.2, 0) is 10.0 Å². The third-order valence-electron chi connectivity index (χ3n) is 6.44. The van der Waals surface area contributed by atoms with E-state index in [4.69, 9.17) is 0 Å². The van der Waals surface area contributed by atoms with Gasteiger partial charge in [0.25, 0.3) is 5.91 Å². The number of thioether (sulfide) groups is 1. The largest absolute Gasteiger partial charge is 0.338 e. The molecule has 150 valence electrons. The van der Waals surface area contributed by atoms with E-state index in [0.29, 0.717) is 23.4 Å². The van der Waals surface area contributed by atoms with Crippen LogP contribution in [0.1, 0.15) is 54.6 Å². The van der Waals surface area contributed by atoms with Crippen molar-refractivity contribution >= 4 is 39.0 Å². The summed E-state index contributed by atoms with van der Waals surface area (Å²) in [4.78, 5) is 15.6. The number of carbonyl (C=O) groups is 1. The molecule has 1 saturated carbocycles. The molecule has 3 heterocycles. The Labute approximate surface area is 170 Å². The molecule has 1 aromatic heterocycles. The van der Waals surface area contributed by atoms with E-state index in [1.807, 2.05) is 4.90 Å². The minimum atomic E-state index is -3.58. The number of amides is 1. The second-order valence-electron chi connectivity index (χ2n) is 7.98. The number of sulfonamides is 1. The molecule has 2 saturated heterocycles. The van der Waals surface area contributed by atoms with Crippen molar-refractivity contribution in [2.75, 3.05) is 37.7 Å². The monoisotopic (exact) mass is 428 g/mol. The molecule has 1 aromatic rings. The lowest BCUT2D eigenvalue weighted by atomic mass is 9.68. The molecule has 0 bridgehead atoms. The fourth-order valence-corrected chi connectivity index (χ4v) is 8.65. The Kier molecular flexibility index (Phi) is 5.88. The van der Waals surface area contributed by atoms with E-state index in [1.165, 1.54) is 47.7 Å². The maximum absolute atomic E-state index is 13.1. The van der Waals surface area contributed by atoms with Gasteiger partial charge in [-0.3, -0.25) is 4.79 Å². The first-order valence-corrected chi connectivity index (χ1v) is 13.4. The van der Waals surface area contributed by atoms with Crippen molar-refractivity contribution in [1.29, 1.82) is 0 Å². The highest BCUT2D eigenvalue weighted by Gasteiger charge is 2.38. The Hall–Kier alpha value is -0.570. The summed E-state index contributed by atoms with van der Waals surface area (Å²) >= 11 is 3.04. The average molecular weight is 429 g/mol. The van der Waals surface area contributed by atoms with Crippen molar-refractivity contribution in [3.8, 4) is 0 Å². The summed E-state index contributed by atoms with van der Waals surface area (Å²) in [5.74, 6) is 1.54. The summed E-state index contributed by atoms with van der Waals surface area (Å²) in [5.41, 5.74) is 0.435. The Morgan fingerprint density at radius 1 is 0.963 bits per heavy atom. The number of hydrogen-bond donors (Lipinski definition) is 0. The predicted octanol–water partition coefficient (Wildman–Crippen LogP) is 3.67. The molecule has 0 N–H and O–H groups in total. The highest BCUT2D eigenvalue weighted by atomic mass is 32.2. The zero-order valence-corrected chi connectivity index (χ0v) is 18.1. The molecule has 0 atom stereocenters. The van der Waals surface area contributed by atoms with E-state index in [-0.39, 0.29) is 10.8 Å². The molecule has 8 heteroatoms. The lowest BCUT2D eigenvalue weighted by molar-refractivity contribution is 0.0473. The summed E-state index contributed by atoms with van der Waals surface area (Å²) in [6.45, 7) is 2.58. The molecule has 0 unspecified atom stereocenters. The van der Waals surface area contributed by atoms with Gasteiger partial charge in [0, 0.05) is 37.7 Å². The average Bonchev–Trinajstić information content (AvgIpc) is 3.20. The van der Waals surface area contributed by atoms with Crippen molar-refractivity contribution in [3.05, 3.63) is 16.3 Å². The van der Waals surface area contributed by atoms with Crippen molar-refractivity contribution < 1.29 is 13.2 Å². The number of likely N-dealkylation sites (tertiary alicyclic amines) is 1. The molecule has 3 aliphatic rings. The summed E-state index contributed by atoms with van der Waals surface area (Å²) in [6, 6.07) is 1.61. The highest BCUT2D eigenvalue weighted by Crippen LogP contribution is 2.44. The van der Waals surface area contributed by atoms with Crippen LogP contribution in [0.15, 0.2) is 16.3 Å². The van der Waals surface area contributed by atoms with Crippen molar-refractivity contribution in [1.82, 2.24) is 9.21 Å². The topological polar surface area (TPSA) is 57.7 Å². The van der Waals surface area contributed by atoms with Gasteiger partial charge < -0.3 is 4.90 Å². The minimum Gasteiger partial charge on any atom is -0.338 e.